The maximum Gasteiger partial charge on any atom is 0.139 e. The summed E-state index contributed by atoms with van der Waals surface area (Å²) in [6.07, 6.45) is 2.30. The number of rotatable bonds is 6. The molecule has 3 N–H and O–H groups in total. The van der Waals surface area contributed by atoms with Gasteiger partial charge in [-0.25, -0.2) is 5.84 Å². The van der Waals surface area contributed by atoms with E-state index < -0.39 is 0 Å². The predicted octanol–water partition coefficient (Wildman–Crippen LogP) is 4.34. The SMILES string of the molecule is N=CN(N)N=Cc1cccc(OCc2cc(Cl)ccc2Cl)c1Cl. The van der Waals surface area contributed by atoms with Crippen LogP contribution in [-0.2, 0) is 6.61 Å². The summed E-state index contributed by atoms with van der Waals surface area (Å²) in [5.74, 6) is 5.84. The van der Waals surface area contributed by atoms with Gasteiger partial charge in [0, 0.05) is 21.2 Å². The van der Waals surface area contributed by atoms with Crippen LogP contribution in [0.1, 0.15) is 11.1 Å². The highest BCUT2D eigenvalue weighted by Crippen LogP contribution is 2.29. The summed E-state index contributed by atoms with van der Waals surface area (Å²) in [5.41, 5.74) is 1.37. The van der Waals surface area contributed by atoms with Gasteiger partial charge in [0.25, 0.3) is 0 Å². The lowest BCUT2D eigenvalue weighted by Crippen LogP contribution is -2.22. The van der Waals surface area contributed by atoms with Crippen LogP contribution in [0, 0.1) is 5.41 Å². The van der Waals surface area contributed by atoms with Gasteiger partial charge >= 0.3 is 0 Å². The van der Waals surface area contributed by atoms with Gasteiger partial charge in [-0.3, -0.25) is 5.41 Å². The predicted molar refractivity (Wildman–Crippen MR) is 94.7 cm³/mol. The van der Waals surface area contributed by atoms with E-state index in [1.807, 2.05) is 0 Å². The smallest absolute Gasteiger partial charge is 0.139 e. The first-order valence-electron chi connectivity index (χ1n) is 6.45. The molecule has 0 aliphatic carbocycles. The van der Waals surface area contributed by atoms with Crippen molar-refractivity contribution in [1.29, 1.82) is 5.41 Å². The highest BCUT2D eigenvalue weighted by atomic mass is 35.5. The van der Waals surface area contributed by atoms with Gasteiger partial charge in [-0.1, -0.05) is 46.9 Å². The van der Waals surface area contributed by atoms with E-state index in [-0.39, 0.29) is 6.61 Å². The van der Waals surface area contributed by atoms with Crippen molar-refractivity contribution in [2.45, 2.75) is 6.61 Å². The van der Waals surface area contributed by atoms with Crippen LogP contribution in [0.5, 0.6) is 5.75 Å². The van der Waals surface area contributed by atoms with Crippen molar-refractivity contribution < 1.29 is 4.74 Å². The molecule has 8 heteroatoms. The number of benzene rings is 2. The number of halogens is 3. The molecule has 0 radical (unpaired) electrons. The van der Waals surface area contributed by atoms with E-state index in [0.717, 1.165) is 17.0 Å². The largest absolute Gasteiger partial charge is 0.487 e. The fourth-order valence-electron chi connectivity index (χ4n) is 1.71. The minimum absolute atomic E-state index is 0.225. The van der Waals surface area contributed by atoms with Crippen molar-refractivity contribution in [3.8, 4) is 5.75 Å². The normalized spacial score (nSPS) is 10.8. The van der Waals surface area contributed by atoms with Gasteiger partial charge in [0.2, 0.25) is 0 Å². The van der Waals surface area contributed by atoms with E-state index in [4.69, 9.17) is 50.8 Å². The molecular weight excluding hydrogens is 359 g/mol. The molecular formula is C15H13Cl3N4O. The van der Waals surface area contributed by atoms with Crippen LogP contribution in [0.2, 0.25) is 15.1 Å². The van der Waals surface area contributed by atoms with Crippen molar-refractivity contribution in [3.63, 3.8) is 0 Å². The Balaban J connectivity index is 2.16. The molecule has 2 aromatic rings. The third-order valence-corrected chi connectivity index (χ3v) is 3.85. The number of hydrogen-bond acceptors (Lipinski definition) is 4. The molecule has 0 atom stereocenters. The Labute approximate surface area is 148 Å². The summed E-state index contributed by atoms with van der Waals surface area (Å²) < 4.78 is 5.71. The monoisotopic (exact) mass is 370 g/mol. The number of nitrogens with zero attached hydrogens (tertiary/aromatic N) is 2. The highest BCUT2D eigenvalue weighted by molar-refractivity contribution is 6.34. The van der Waals surface area contributed by atoms with Crippen LogP contribution >= 0.6 is 34.8 Å². The minimum atomic E-state index is 0.225. The fourth-order valence-corrected chi connectivity index (χ4v) is 2.31. The summed E-state index contributed by atoms with van der Waals surface area (Å²) >= 11 is 18.3. The Morgan fingerprint density at radius 2 is 2.00 bits per heavy atom. The van der Waals surface area contributed by atoms with Gasteiger partial charge in [-0.15, -0.1) is 0 Å². The lowest BCUT2D eigenvalue weighted by molar-refractivity contribution is 0.306. The van der Waals surface area contributed by atoms with Crippen molar-refractivity contribution >= 4 is 47.4 Å². The van der Waals surface area contributed by atoms with E-state index in [1.165, 1.54) is 6.21 Å². The summed E-state index contributed by atoms with van der Waals surface area (Å²) in [4.78, 5) is 0. The van der Waals surface area contributed by atoms with E-state index in [9.17, 15) is 0 Å². The Hall–Kier alpha value is -1.79. The summed E-state index contributed by atoms with van der Waals surface area (Å²) in [5, 5.41) is 13.2. The maximum absolute atomic E-state index is 6.95. The number of nitrogens with two attached hydrogens (primary N) is 1. The third-order valence-electron chi connectivity index (χ3n) is 2.85. The first-order valence-corrected chi connectivity index (χ1v) is 7.58. The lowest BCUT2D eigenvalue weighted by atomic mass is 10.2. The fraction of sp³-hybridized carbons (Fsp3) is 0.0667. The molecule has 5 nitrogen and oxygen atoms in total. The van der Waals surface area contributed by atoms with Gasteiger partial charge in [0.15, 0.2) is 0 Å². The average Bonchev–Trinajstić information content (AvgIpc) is 2.55. The number of hydrazone groups is 1. The molecule has 23 heavy (non-hydrogen) atoms. The second kappa shape index (κ2) is 8.17. The first-order chi connectivity index (χ1) is 11.0. The molecule has 0 fully saturated rings. The molecule has 0 aromatic heterocycles. The van der Waals surface area contributed by atoms with Crippen LogP contribution in [0.15, 0.2) is 41.5 Å². The minimum Gasteiger partial charge on any atom is -0.487 e. The number of ether oxygens (including phenoxy) is 1. The molecule has 0 heterocycles. The van der Waals surface area contributed by atoms with Gasteiger partial charge in [0.05, 0.1) is 11.2 Å². The number of hydrazine groups is 1. The van der Waals surface area contributed by atoms with Crippen molar-refractivity contribution in [2.24, 2.45) is 10.9 Å². The van der Waals surface area contributed by atoms with E-state index in [2.05, 4.69) is 5.10 Å². The Kier molecular flexibility index (Phi) is 6.24. The van der Waals surface area contributed by atoms with Crippen molar-refractivity contribution in [3.05, 3.63) is 62.6 Å². The quantitative estimate of drug-likeness (QED) is 0.343. The Morgan fingerprint density at radius 3 is 2.74 bits per heavy atom. The molecule has 0 bridgehead atoms. The zero-order chi connectivity index (χ0) is 16.8. The van der Waals surface area contributed by atoms with Gasteiger partial charge in [-0.05, 0) is 24.3 Å². The van der Waals surface area contributed by atoms with Crippen molar-refractivity contribution in [2.75, 3.05) is 0 Å². The van der Waals surface area contributed by atoms with E-state index in [0.29, 0.717) is 26.4 Å². The summed E-state index contributed by atoms with van der Waals surface area (Å²) in [6, 6.07) is 10.4. The summed E-state index contributed by atoms with van der Waals surface area (Å²) in [6.45, 7) is 0.225. The highest BCUT2D eigenvalue weighted by Gasteiger charge is 2.08. The van der Waals surface area contributed by atoms with E-state index in [1.54, 1.807) is 36.4 Å². The van der Waals surface area contributed by atoms with Crippen molar-refractivity contribution in [1.82, 2.24) is 5.12 Å². The second-order valence-corrected chi connectivity index (χ2v) is 5.66. The van der Waals surface area contributed by atoms with Crippen LogP contribution in [0.3, 0.4) is 0 Å². The molecule has 0 aliphatic rings. The molecule has 0 spiro atoms. The lowest BCUT2D eigenvalue weighted by Gasteiger charge is -2.11. The Bertz CT molecular complexity index is 737. The van der Waals surface area contributed by atoms with Gasteiger partial charge < -0.3 is 4.74 Å². The van der Waals surface area contributed by atoms with Crippen LogP contribution in [-0.4, -0.2) is 17.7 Å². The topological polar surface area (TPSA) is 74.7 Å². The zero-order valence-electron chi connectivity index (χ0n) is 11.8. The average molecular weight is 372 g/mol. The van der Waals surface area contributed by atoms with Gasteiger partial charge in [-0.2, -0.15) is 10.2 Å². The van der Waals surface area contributed by atoms with Crippen LogP contribution in [0.4, 0.5) is 0 Å². The molecule has 0 unspecified atom stereocenters. The maximum atomic E-state index is 6.95. The summed E-state index contributed by atoms with van der Waals surface area (Å²) in [7, 11) is 0. The molecule has 0 saturated heterocycles. The Morgan fingerprint density at radius 1 is 1.22 bits per heavy atom. The number of hydrogen-bond donors (Lipinski definition) is 2. The molecule has 2 rings (SSSR count). The molecule has 0 saturated carbocycles. The standard InChI is InChI=1S/C15H13Cl3N4O/c16-12-4-5-13(17)11(6-12)8-23-14-3-1-2-10(15(14)18)7-21-22(20)9-19/h1-7,9,19H,8,20H2. The van der Waals surface area contributed by atoms with Gasteiger partial charge in [0.1, 0.15) is 18.7 Å². The molecule has 2 aromatic carbocycles. The zero-order valence-corrected chi connectivity index (χ0v) is 14.1. The molecule has 0 aliphatic heterocycles. The van der Waals surface area contributed by atoms with Crippen LogP contribution < -0.4 is 10.6 Å². The van der Waals surface area contributed by atoms with E-state index >= 15 is 0 Å². The number of nitrogens with one attached hydrogen (secondary N) is 1. The molecule has 0 amide bonds. The first kappa shape index (κ1) is 17.6. The van der Waals surface area contributed by atoms with Crippen LogP contribution in [0.25, 0.3) is 0 Å². The second-order valence-electron chi connectivity index (χ2n) is 4.44. The molecule has 120 valence electrons. The third kappa shape index (κ3) is 4.84.